The van der Waals surface area contributed by atoms with Crippen LogP contribution < -0.4 is 88.7 Å². The number of rotatable bonds is 0. The Morgan fingerprint density at radius 1 is 0.875 bits per heavy atom. The monoisotopic (exact) mass is 228 g/mol. The van der Waals surface area contributed by atoms with Gasteiger partial charge < -0.3 is 40.4 Å². The average Bonchev–Trinajstić information content (AvgIpc) is 0.722. The van der Waals surface area contributed by atoms with Gasteiger partial charge in [-0.2, -0.15) is 11.8 Å². The maximum Gasteiger partial charge on any atom is 1.00 e. The average molecular weight is 228 g/mol. The molecular formula is Na3PS4. The zero-order valence-electron chi connectivity index (χ0n) is 5.08. The molecule has 0 aromatic carbocycles. The topological polar surface area (TPSA) is 0 Å². The van der Waals surface area contributed by atoms with E-state index in [1.54, 1.807) is 0 Å². The van der Waals surface area contributed by atoms with Crippen molar-refractivity contribution in [2.45, 2.75) is 0 Å². The van der Waals surface area contributed by atoms with Crippen LogP contribution in [-0.2, 0) is 48.6 Å². The third-order valence-corrected chi connectivity index (χ3v) is 0. The van der Waals surface area contributed by atoms with E-state index < -0.39 is 3.64 Å². The van der Waals surface area contributed by atoms with E-state index in [4.69, 9.17) is 0 Å². The van der Waals surface area contributed by atoms with Gasteiger partial charge in [-0.05, 0) is 0 Å². The second-order valence-electron chi connectivity index (χ2n) is 0.447. The molecule has 0 unspecified atom stereocenters. The van der Waals surface area contributed by atoms with Crippen LogP contribution in [0, 0.1) is 0 Å². The molecule has 0 heterocycles. The first-order valence-electron chi connectivity index (χ1n) is 0.730. The predicted molar refractivity (Wildman–Crippen MR) is 36.4 cm³/mol. The Balaban J connectivity index is -0.0000000267. The number of hydrogen-bond acceptors (Lipinski definition) is 4. The molecular weight excluding hydrogens is 228 g/mol. The van der Waals surface area contributed by atoms with E-state index >= 15 is 0 Å². The third-order valence-electron chi connectivity index (χ3n) is 0. The molecule has 0 aliphatic rings. The van der Waals surface area contributed by atoms with E-state index in [0.29, 0.717) is 0 Å². The Morgan fingerprint density at radius 3 is 0.875 bits per heavy atom. The number of hydrogen-bond donors (Lipinski definition) is 0. The van der Waals surface area contributed by atoms with Crippen LogP contribution in [0.2, 0.25) is 0 Å². The summed E-state index contributed by atoms with van der Waals surface area (Å²) < 4.78 is -2.06. The van der Waals surface area contributed by atoms with Crippen LogP contribution >= 0.6 is 3.64 Å². The van der Waals surface area contributed by atoms with E-state index in [0.717, 1.165) is 0 Å². The molecule has 0 atom stereocenters. The molecule has 0 spiro atoms. The Kier molecular flexibility index (Phi) is 33.6. The third kappa shape index (κ3) is 45.6. The van der Waals surface area contributed by atoms with Crippen molar-refractivity contribution >= 4 is 52.2 Å². The van der Waals surface area contributed by atoms with Gasteiger partial charge in [-0.15, -0.1) is 0 Å². The molecule has 0 rings (SSSR count). The van der Waals surface area contributed by atoms with Gasteiger partial charge in [0, 0.05) is 0 Å². The van der Waals surface area contributed by atoms with Crippen LogP contribution in [0.1, 0.15) is 0 Å². The van der Waals surface area contributed by atoms with Gasteiger partial charge in [0.15, 0.2) is 0 Å². The van der Waals surface area contributed by atoms with Crippen molar-refractivity contribution in [3.63, 3.8) is 0 Å². The van der Waals surface area contributed by atoms with Crippen molar-refractivity contribution in [3.8, 4) is 0 Å². The molecule has 0 saturated carbocycles. The van der Waals surface area contributed by atoms with Crippen molar-refractivity contribution in [2.24, 2.45) is 0 Å². The summed E-state index contributed by atoms with van der Waals surface area (Å²) in [4.78, 5) is 0. The van der Waals surface area contributed by atoms with Gasteiger partial charge in [0.05, 0.1) is 0 Å². The summed E-state index contributed by atoms with van der Waals surface area (Å²) in [5.74, 6) is 0. The molecule has 0 bridgehead atoms. The molecule has 0 N–H and O–H groups in total. The molecule has 0 nitrogen and oxygen atoms in total. The quantitative estimate of drug-likeness (QED) is 0.229. The summed E-state index contributed by atoms with van der Waals surface area (Å²) in [6.07, 6.45) is 0. The molecule has 0 aliphatic carbocycles. The minimum absolute atomic E-state index is 0. The second kappa shape index (κ2) is 11.7. The molecule has 0 radical (unpaired) electrons. The molecule has 32 valence electrons. The molecule has 0 aliphatic heterocycles. The summed E-state index contributed by atoms with van der Waals surface area (Å²) in [6.45, 7) is 0. The maximum atomic E-state index is 4.38. The Hall–Kier alpha value is 4.70. The summed E-state index contributed by atoms with van der Waals surface area (Å²) in [7, 11) is 0. The summed E-state index contributed by atoms with van der Waals surface area (Å²) in [5.41, 5.74) is 0. The summed E-state index contributed by atoms with van der Waals surface area (Å²) in [5, 5.41) is 0. The van der Waals surface area contributed by atoms with Crippen molar-refractivity contribution in [3.05, 3.63) is 0 Å². The van der Waals surface area contributed by atoms with Gasteiger partial charge >= 0.3 is 88.7 Å². The molecule has 0 saturated heterocycles. The van der Waals surface area contributed by atoms with E-state index in [1.807, 2.05) is 0 Å². The minimum Gasteiger partial charge on any atom is -0.794 e. The van der Waals surface area contributed by atoms with E-state index in [2.05, 4.69) is 48.6 Å². The Labute approximate surface area is 137 Å². The van der Waals surface area contributed by atoms with Crippen LogP contribution in [0.3, 0.4) is 0 Å². The van der Waals surface area contributed by atoms with Crippen LogP contribution in [0.15, 0.2) is 0 Å². The van der Waals surface area contributed by atoms with Gasteiger partial charge in [0.1, 0.15) is 0 Å². The van der Waals surface area contributed by atoms with Crippen molar-refractivity contribution in [1.82, 2.24) is 0 Å². The van der Waals surface area contributed by atoms with Crippen LogP contribution in [0.5, 0.6) is 0 Å². The van der Waals surface area contributed by atoms with Gasteiger partial charge in [-0.25, -0.2) is 0 Å². The van der Waals surface area contributed by atoms with Crippen molar-refractivity contribution in [2.75, 3.05) is 0 Å². The maximum absolute atomic E-state index is 4.38. The molecule has 8 heteroatoms. The largest absolute Gasteiger partial charge is 1.00 e. The van der Waals surface area contributed by atoms with E-state index in [1.165, 1.54) is 0 Å². The fourth-order valence-corrected chi connectivity index (χ4v) is 0. The first kappa shape index (κ1) is 23.0. The van der Waals surface area contributed by atoms with E-state index in [-0.39, 0.29) is 88.7 Å². The van der Waals surface area contributed by atoms with Gasteiger partial charge in [-0.3, -0.25) is 0 Å². The molecule has 0 amide bonds. The fraction of sp³-hybridized carbons (Fsp3) is 0. The first-order chi connectivity index (χ1) is 2.00. The smallest absolute Gasteiger partial charge is 0.794 e. The molecule has 0 aromatic rings. The second-order valence-corrected chi connectivity index (χ2v) is 12.1. The zero-order chi connectivity index (χ0) is 4.50. The normalized spacial score (nSPS) is 7.38. The van der Waals surface area contributed by atoms with Crippen LogP contribution in [0.4, 0.5) is 0 Å². The Bertz CT molecular complexity index is 57.4. The van der Waals surface area contributed by atoms with Crippen molar-refractivity contribution < 1.29 is 88.7 Å². The van der Waals surface area contributed by atoms with Crippen molar-refractivity contribution in [1.29, 1.82) is 0 Å². The first-order valence-corrected chi connectivity index (χ1v) is 6.57. The van der Waals surface area contributed by atoms with Gasteiger partial charge in [-0.1, -0.05) is 0 Å². The standard InChI is InChI=1S/3Na.H3PS4/c;;;2-1(3,4)5/h;;;(H3,2,3,4,5)/q3*+1;/p-3. The fourth-order valence-electron chi connectivity index (χ4n) is 0. The SMILES string of the molecule is S=P([S-])([S-])[S-].[Na+].[Na+].[Na+]. The Morgan fingerprint density at radius 2 is 0.875 bits per heavy atom. The minimum atomic E-state index is -2.06. The zero-order valence-corrected chi connectivity index (χ0v) is 15.2. The molecule has 0 aromatic heterocycles. The summed E-state index contributed by atoms with van der Waals surface area (Å²) in [6, 6.07) is 0. The molecule has 0 fully saturated rings. The van der Waals surface area contributed by atoms with Crippen LogP contribution in [-0.4, -0.2) is 0 Å². The van der Waals surface area contributed by atoms with E-state index in [9.17, 15) is 0 Å². The van der Waals surface area contributed by atoms with Gasteiger partial charge in [0.25, 0.3) is 0 Å². The van der Waals surface area contributed by atoms with Gasteiger partial charge in [0.2, 0.25) is 0 Å². The molecule has 8 heavy (non-hydrogen) atoms. The van der Waals surface area contributed by atoms with Crippen LogP contribution in [0.25, 0.3) is 0 Å². The summed E-state index contributed by atoms with van der Waals surface area (Å²) >= 11 is 17.5. The predicted octanol–water partition coefficient (Wildman–Crippen LogP) is -8.14.